The fourth-order valence-electron chi connectivity index (χ4n) is 2.77. The van der Waals surface area contributed by atoms with Crippen LogP contribution in [0, 0.1) is 0 Å². The molecule has 0 heterocycles. The number of carboxylic acid groups (broad SMARTS) is 1. The van der Waals surface area contributed by atoms with Crippen molar-refractivity contribution in [3.8, 4) is 5.75 Å². The summed E-state index contributed by atoms with van der Waals surface area (Å²) in [4.78, 5) is 37.1. The standard InChI is InChI=1S/C24H19NO5/c1-30-20-9-5-8-19(15-20)25-23(27)21(22(26)17-6-3-2-4-7-17)14-16-10-12-18(13-11-16)24(28)29/h2-15H,1H3,(H,25,27)(H,28,29)/b21-14+. The first-order valence-electron chi connectivity index (χ1n) is 9.08. The minimum Gasteiger partial charge on any atom is -0.497 e. The zero-order chi connectivity index (χ0) is 21.5. The van der Waals surface area contributed by atoms with Gasteiger partial charge in [0.25, 0.3) is 5.91 Å². The fraction of sp³-hybridized carbons (Fsp3) is 0.0417. The number of methoxy groups -OCH3 is 1. The molecule has 0 atom stereocenters. The smallest absolute Gasteiger partial charge is 0.335 e. The van der Waals surface area contributed by atoms with E-state index >= 15 is 0 Å². The summed E-state index contributed by atoms with van der Waals surface area (Å²) < 4.78 is 5.16. The second-order valence-corrected chi connectivity index (χ2v) is 6.37. The number of Topliss-reactive ketones (excluding diaryl/α,β-unsaturated/α-hetero) is 1. The van der Waals surface area contributed by atoms with Crippen molar-refractivity contribution in [1.82, 2.24) is 0 Å². The molecule has 0 aliphatic rings. The van der Waals surface area contributed by atoms with Crippen LogP contribution in [0.3, 0.4) is 0 Å². The van der Waals surface area contributed by atoms with Crippen molar-refractivity contribution in [2.75, 3.05) is 12.4 Å². The van der Waals surface area contributed by atoms with Crippen LogP contribution in [-0.4, -0.2) is 29.9 Å². The predicted octanol–water partition coefficient (Wildman–Crippen LogP) is 4.30. The first-order valence-corrected chi connectivity index (χ1v) is 9.08. The predicted molar refractivity (Wildman–Crippen MR) is 114 cm³/mol. The van der Waals surface area contributed by atoms with Gasteiger partial charge in [-0.1, -0.05) is 48.5 Å². The molecule has 0 bridgehead atoms. The Labute approximate surface area is 173 Å². The van der Waals surface area contributed by atoms with Gasteiger partial charge in [0.2, 0.25) is 0 Å². The summed E-state index contributed by atoms with van der Waals surface area (Å²) in [6, 6.07) is 21.2. The molecule has 0 saturated carbocycles. The van der Waals surface area contributed by atoms with Gasteiger partial charge in [0.05, 0.1) is 18.2 Å². The molecular formula is C24H19NO5. The lowest BCUT2D eigenvalue weighted by Gasteiger charge is -2.10. The number of rotatable bonds is 7. The van der Waals surface area contributed by atoms with E-state index in [-0.39, 0.29) is 11.1 Å². The fourth-order valence-corrected chi connectivity index (χ4v) is 2.77. The zero-order valence-electron chi connectivity index (χ0n) is 16.2. The molecule has 1 amide bonds. The Balaban J connectivity index is 1.97. The summed E-state index contributed by atoms with van der Waals surface area (Å²) >= 11 is 0. The van der Waals surface area contributed by atoms with E-state index in [1.165, 1.54) is 25.3 Å². The number of amides is 1. The van der Waals surface area contributed by atoms with Gasteiger partial charge in [-0.05, 0) is 35.9 Å². The lowest BCUT2D eigenvalue weighted by atomic mass is 9.99. The third kappa shape index (κ3) is 4.99. The number of ether oxygens (including phenoxy) is 1. The minimum atomic E-state index is -1.05. The SMILES string of the molecule is COc1cccc(NC(=O)/C(=C/c2ccc(C(=O)O)cc2)C(=O)c2ccccc2)c1. The van der Waals surface area contributed by atoms with Crippen molar-refractivity contribution in [1.29, 1.82) is 0 Å². The quantitative estimate of drug-likeness (QED) is 0.267. The van der Waals surface area contributed by atoms with E-state index in [1.807, 2.05) is 0 Å². The molecule has 0 fully saturated rings. The number of hydrogen-bond acceptors (Lipinski definition) is 4. The molecule has 3 aromatic carbocycles. The number of nitrogens with one attached hydrogen (secondary N) is 1. The van der Waals surface area contributed by atoms with Crippen molar-refractivity contribution >= 4 is 29.4 Å². The Hall–Kier alpha value is -4.19. The Morgan fingerprint density at radius 2 is 1.57 bits per heavy atom. The molecule has 0 aliphatic heterocycles. The molecule has 2 N–H and O–H groups in total. The van der Waals surface area contributed by atoms with E-state index in [1.54, 1.807) is 66.7 Å². The molecule has 0 saturated heterocycles. The Morgan fingerprint density at radius 1 is 0.867 bits per heavy atom. The lowest BCUT2D eigenvalue weighted by Crippen LogP contribution is -2.20. The normalized spacial score (nSPS) is 10.9. The largest absolute Gasteiger partial charge is 0.497 e. The average Bonchev–Trinajstić information content (AvgIpc) is 2.78. The number of hydrogen-bond donors (Lipinski definition) is 2. The molecule has 0 unspecified atom stereocenters. The highest BCUT2D eigenvalue weighted by atomic mass is 16.5. The lowest BCUT2D eigenvalue weighted by molar-refractivity contribution is -0.112. The van der Waals surface area contributed by atoms with E-state index in [0.29, 0.717) is 22.6 Å². The van der Waals surface area contributed by atoms with Gasteiger partial charge in [-0.25, -0.2) is 4.79 Å². The highest BCUT2D eigenvalue weighted by molar-refractivity contribution is 6.31. The van der Waals surface area contributed by atoms with Crippen molar-refractivity contribution in [3.63, 3.8) is 0 Å². The number of carbonyl (C=O) groups excluding carboxylic acids is 2. The second-order valence-electron chi connectivity index (χ2n) is 6.37. The van der Waals surface area contributed by atoms with Crippen LogP contribution in [0.15, 0.2) is 84.4 Å². The summed E-state index contributed by atoms with van der Waals surface area (Å²) in [5.41, 5.74) is 1.41. The van der Waals surface area contributed by atoms with Gasteiger partial charge in [-0.3, -0.25) is 9.59 Å². The molecule has 0 aliphatic carbocycles. The first kappa shape index (κ1) is 20.5. The minimum absolute atomic E-state index is 0.0768. The van der Waals surface area contributed by atoms with Crippen molar-refractivity contribution in [2.24, 2.45) is 0 Å². The number of ketones is 1. The molecule has 6 nitrogen and oxygen atoms in total. The van der Waals surface area contributed by atoms with E-state index in [9.17, 15) is 14.4 Å². The summed E-state index contributed by atoms with van der Waals surface area (Å²) in [6.45, 7) is 0. The monoisotopic (exact) mass is 401 g/mol. The van der Waals surface area contributed by atoms with Crippen LogP contribution in [0.25, 0.3) is 6.08 Å². The van der Waals surface area contributed by atoms with E-state index in [4.69, 9.17) is 9.84 Å². The van der Waals surface area contributed by atoms with Gasteiger partial charge in [0.1, 0.15) is 5.75 Å². The van der Waals surface area contributed by atoms with Crippen LogP contribution in [-0.2, 0) is 4.79 Å². The maximum Gasteiger partial charge on any atom is 0.335 e. The summed E-state index contributed by atoms with van der Waals surface area (Å²) in [7, 11) is 1.52. The summed E-state index contributed by atoms with van der Waals surface area (Å²) in [5, 5.41) is 11.8. The van der Waals surface area contributed by atoms with E-state index < -0.39 is 17.7 Å². The van der Waals surface area contributed by atoms with Crippen LogP contribution in [0.4, 0.5) is 5.69 Å². The molecule has 0 aromatic heterocycles. The zero-order valence-corrected chi connectivity index (χ0v) is 16.2. The van der Waals surface area contributed by atoms with Crippen LogP contribution >= 0.6 is 0 Å². The third-order valence-corrected chi connectivity index (χ3v) is 4.32. The molecule has 150 valence electrons. The van der Waals surface area contributed by atoms with Crippen LogP contribution in [0.1, 0.15) is 26.3 Å². The number of benzene rings is 3. The van der Waals surface area contributed by atoms with E-state index in [0.717, 1.165) is 0 Å². The maximum atomic E-state index is 13.0. The van der Waals surface area contributed by atoms with Crippen LogP contribution in [0.5, 0.6) is 5.75 Å². The Morgan fingerprint density at radius 3 is 2.20 bits per heavy atom. The van der Waals surface area contributed by atoms with Crippen molar-refractivity contribution in [2.45, 2.75) is 0 Å². The van der Waals surface area contributed by atoms with Gasteiger partial charge in [0, 0.05) is 17.3 Å². The first-order chi connectivity index (χ1) is 14.5. The van der Waals surface area contributed by atoms with Crippen LogP contribution in [0.2, 0.25) is 0 Å². The second kappa shape index (κ2) is 9.34. The van der Waals surface area contributed by atoms with Gasteiger partial charge in [-0.15, -0.1) is 0 Å². The molecule has 0 spiro atoms. The number of carbonyl (C=O) groups is 3. The molecular weight excluding hydrogens is 382 g/mol. The Kier molecular flexibility index (Phi) is 6.39. The summed E-state index contributed by atoms with van der Waals surface area (Å²) in [5.74, 6) is -1.52. The van der Waals surface area contributed by atoms with Crippen molar-refractivity contribution < 1.29 is 24.2 Å². The highest BCUT2D eigenvalue weighted by Gasteiger charge is 2.20. The maximum absolute atomic E-state index is 13.0. The third-order valence-electron chi connectivity index (χ3n) is 4.32. The molecule has 0 radical (unpaired) electrons. The number of aromatic carboxylic acids is 1. The topological polar surface area (TPSA) is 92.7 Å². The summed E-state index contributed by atoms with van der Waals surface area (Å²) in [6.07, 6.45) is 1.44. The van der Waals surface area contributed by atoms with Gasteiger partial charge in [0.15, 0.2) is 5.78 Å². The molecule has 6 heteroatoms. The molecule has 3 aromatic rings. The van der Waals surface area contributed by atoms with Crippen LogP contribution < -0.4 is 10.1 Å². The highest BCUT2D eigenvalue weighted by Crippen LogP contribution is 2.20. The molecule has 3 rings (SSSR count). The number of anilines is 1. The molecule has 30 heavy (non-hydrogen) atoms. The van der Waals surface area contributed by atoms with Gasteiger partial charge < -0.3 is 15.2 Å². The van der Waals surface area contributed by atoms with Gasteiger partial charge >= 0.3 is 5.97 Å². The van der Waals surface area contributed by atoms with E-state index in [2.05, 4.69) is 5.32 Å². The average molecular weight is 401 g/mol. The number of carboxylic acids is 1. The Bertz CT molecular complexity index is 1100. The van der Waals surface area contributed by atoms with Crippen molar-refractivity contribution in [3.05, 3.63) is 101 Å². The van der Waals surface area contributed by atoms with Gasteiger partial charge in [-0.2, -0.15) is 0 Å².